The first-order valence-electron chi connectivity index (χ1n) is 5.23. The van der Waals surface area contributed by atoms with E-state index in [1.807, 2.05) is 6.92 Å². The Labute approximate surface area is 103 Å². The average Bonchev–Trinajstić information content (AvgIpc) is 2.38. The lowest BCUT2D eigenvalue weighted by Crippen LogP contribution is -2.03. The minimum Gasteiger partial charge on any atom is -0.367 e. The van der Waals surface area contributed by atoms with Crippen molar-refractivity contribution < 1.29 is 4.92 Å². The molecule has 2 rings (SSSR count). The highest BCUT2D eigenvalue weighted by atomic mass is 16.6. The maximum atomic E-state index is 11.1. The monoisotopic (exact) mass is 245 g/mol. The van der Waals surface area contributed by atoms with Crippen LogP contribution in [0.4, 0.5) is 11.5 Å². The second-order valence-electron chi connectivity index (χ2n) is 3.61. The van der Waals surface area contributed by atoms with E-state index in [9.17, 15) is 10.1 Å². The molecule has 0 saturated carbocycles. The molecule has 0 fully saturated rings. The summed E-state index contributed by atoms with van der Waals surface area (Å²) in [6.45, 7) is 1.84. The van der Waals surface area contributed by atoms with E-state index >= 15 is 0 Å². The van der Waals surface area contributed by atoms with E-state index in [4.69, 9.17) is 0 Å². The van der Waals surface area contributed by atoms with Gasteiger partial charge in [-0.1, -0.05) is 0 Å². The minimum absolute atomic E-state index is 0.148. The van der Waals surface area contributed by atoms with Crippen LogP contribution in [0.25, 0.3) is 11.3 Å². The summed E-state index contributed by atoms with van der Waals surface area (Å²) in [5, 5.41) is 13.8. The number of nitrogens with zero attached hydrogens (tertiary/aromatic N) is 4. The van der Waals surface area contributed by atoms with Crippen molar-refractivity contribution in [2.75, 3.05) is 12.4 Å². The highest BCUT2D eigenvalue weighted by Crippen LogP contribution is 2.31. The maximum absolute atomic E-state index is 11.1. The van der Waals surface area contributed by atoms with E-state index in [2.05, 4.69) is 20.3 Å². The van der Waals surface area contributed by atoms with Crippen LogP contribution in [-0.4, -0.2) is 26.9 Å². The Balaban J connectivity index is 2.63. The van der Waals surface area contributed by atoms with Crippen molar-refractivity contribution in [2.45, 2.75) is 6.92 Å². The summed E-state index contributed by atoms with van der Waals surface area (Å²) >= 11 is 0. The molecule has 0 bridgehead atoms. The molecule has 92 valence electrons. The molecular weight excluding hydrogens is 234 g/mol. The second-order valence-corrected chi connectivity index (χ2v) is 3.61. The first kappa shape index (κ1) is 11.9. The normalized spacial score (nSPS) is 10.1. The number of pyridine rings is 1. The lowest BCUT2D eigenvalue weighted by atomic mass is 10.1. The van der Waals surface area contributed by atoms with Crippen molar-refractivity contribution in [3.8, 4) is 11.3 Å². The summed E-state index contributed by atoms with van der Waals surface area (Å²) in [6.07, 6.45) is 2.85. The number of hydrogen-bond donors (Lipinski definition) is 1. The van der Waals surface area contributed by atoms with Crippen LogP contribution in [0.5, 0.6) is 0 Å². The molecule has 0 atom stereocenters. The molecule has 2 heterocycles. The topological polar surface area (TPSA) is 93.8 Å². The molecule has 0 radical (unpaired) electrons. The van der Waals surface area contributed by atoms with Gasteiger partial charge in [0.2, 0.25) is 5.82 Å². The van der Waals surface area contributed by atoms with Gasteiger partial charge in [-0.15, -0.1) is 0 Å². The highest BCUT2D eigenvalue weighted by Gasteiger charge is 2.23. The van der Waals surface area contributed by atoms with Crippen molar-refractivity contribution in [1.29, 1.82) is 0 Å². The van der Waals surface area contributed by atoms with Crippen LogP contribution < -0.4 is 5.32 Å². The fraction of sp³-hybridized carbons (Fsp3) is 0.182. The zero-order chi connectivity index (χ0) is 13.1. The van der Waals surface area contributed by atoms with Gasteiger partial charge >= 0.3 is 5.69 Å². The molecule has 0 aliphatic heterocycles. The van der Waals surface area contributed by atoms with E-state index < -0.39 is 4.92 Å². The third-order valence-corrected chi connectivity index (χ3v) is 2.43. The predicted octanol–water partition coefficient (Wildman–Crippen LogP) is 1.80. The van der Waals surface area contributed by atoms with Gasteiger partial charge < -0.3 is 5.32 Å². The molecule has 2 aromatic rings. The summed E-state index contributed by atoms with van der Waals surface area (Å²) in [5.41, 5.74) is 1.54. The van der Waals surface area contributed by atoms with Crippen molar-refractivity contribution in [2.24, 2.45) is 0 Å². The largest absolute Gasteiger partial charge is 0.367 e. The molecule has 0 amide bonds. The van der Waals surface area contributed by atoms with Gasteiger partial charge in [0.25, 0.3) is 0 Å². The second kappa shape index (κ2) is 4.74. The smallest absolute Gasteiger partial charge is 0.337 e. The molecule has 7 nitrogen and oxygen atoms in total. The van der Waals surface area contributed by atoms with Crippen LogP contribution >= 0.6 is 0 Å². The van der Waals surface area contributed by atoms with Gasteiger partial charge in [0.1, 0.15) is 6.33 Å². The Morgan fingerprint density at radius 3 is 2.61 bits per heavy atom. The van der Waals surface area contributed by atoms with Gasteiger partial charge in [-0.05, 0) is 19.1 Å². The van der Waals surface area contributed by atoms with Crippen molar-refractivity contribution >= 4 is 11.5 Å². The van der Waals surface area contributed by atoms with Crippen molar-refractivity contribution in [1.82, 2.24) is 15.0 Å². The molecule has 0 saturated heterocycles. The van der Waals surface area contributed by atoms with E-state index in [1.165, 1.54) is 6.33 Å². The van der Waals surface area contributed by atoms with Crippen LogP contribution in [0.1, 0.15) is 5.69 Å². The van der Waals surface area contributed by atoms with Gasteiger partial charge in [0.05, 0.1) is 4.92 Å². The number of aryl methyl sites for hydroxylation is 1. The zero-order valence-corrected chi connectivity index (χ0v) is 9.91. The zero-order valence-electron chi connectivity index (χ0n) is 9.91. The van der Waals surface area contributed by atoms with Gasteiger partial charge in [0, 0.05) is 24.5 Å². The van der Waals surface area contributed by atoms with Gasteiger partial charge in [-0.25, -0.2) is 9.97 Å². The molecule has 0 aromatic carbocycles. The van der Waals surface area contributed by atoms with E-state index in [-0.39, 0.29) is 17.2 Å². The van der Waals surface area contributed by atoms with Crippen molar-refractivity contribution in [3.05, 3.63) is 40.5 Å². The molecule has 0 unspecified atom stereocenters. The molecule has 0 spiro atoms. The lowest BCUT2D eigenvalue weighted by molar-refractivity contribution is -0.383. The SMILES string of the molecule is CNc1ncnc(-c2ccc(C)nc2)c1[N+](=O)[O-]. The highest BCUT2D eigenvalue weighted by molar-refractivity contribution is 5.76. The number of rotatable bonds is 3. The third-order valence-electron chi connectivity index (χ3n) is 2.43. The molecular formula is C11H11N5O2. The summed E-state index contributed by atoms with van der Waals surface area (Å²) < 4.78 is 0. The van der Waals surface area contributed by atoms with Crippen molar-refractivity contribution in [3.63, 3.8) is 0 Å². The standard InChI is InChI=1S/C11H11N5O2/c1-7-3-4-8(5-13-7)9-10(16(17)18)11(12-2)15-6-14-9/h3-6H,1-2H3,(H,12,14,15). The molecule has 1 N–H and O–H groups in total. The Morgan fingerprint density at radius 2 is 2.06 bits per heavy atom. The fourth-order valence-corrected chi connectivity index (χ4v) is 1.55. The van der Waals surface area contributed by atoms with Crippen LogP contribution in [0.15, 0.2) is 24.7 Å². The van der Waals surface area contributed by atoms with Crippen LogP contribution in [0.2, 0.25) is 0 Å². The summed E-state index contributed by atoms with van der Waals surface area (Å²) in [6, 6.07) is 3.53. The van der Waals surface area contributed by atoms with Gasteiger partial charge in [0.15, 0.2) is 5.69 Å². The maximum Gasteiger partial charge on any atom is 0.337 e. The average molecular weight is 245 g/mol. The third kappa shape index (κ3) is 2.10. The van der Waals surface area contributed by atoms with Gasteiger partial charge in [-0.3, -0.25) is 15.1 Å². The summed E-state index contributed by atoms with van der Waals surface area (Å²) in [4.78, 5) is 22.5. The summed E-state index contributed by atoms with van der Waals surface area (Å²) in [5.74, 6) is 0.186. The number of anilines is 1. The number of nitro groups is 1. The fourth-order valence-electron chi connectivity index (χ4n) is 1.55. The summed E-state index contributed by atoms with van der Waals surface area (Å²) in [7, 11) is 1.58. The molecule has 0 aliphatic rings. The van der Waals surface area contributed by atoms with Crippen LogP contribution in [-0.2, 0) is 0 Å². The number of aromatic nitrogens is 3. The van der Waals surface area contributed by atoms with E-state index in [1.54, 1.807) is 25.4 Å². The van der Waals surface area contributed by atoms with Crippen LogP contribution in [0, 0.1) is 17.0 Å². The number of nitrogens with one attached hydrogen (secondary N) is 1. The Kier molecular flexibility index (Phi) is 3.13. The molecule has 0 aliphatic carbocycles. The van der Waals surface area contributed by atoms with E-state index in [0.29, 0.717) is 5.56 Å². The number of hydrogen-bond acceptors (Lipinski definition) is 6. The Bertz CT molecular complexity index is 582. The minimum atomic E-state index is -0.499. The van der Waals surface area contributed by atoms with Crippen LogP contribution in [0.3, 0.4) is 0 Å². The quantitative estimate of drug-likeness (QED) is 0.654. The molecule has 7 heteroatoms. The first-order valence-corrected chi connectivity index (χ1v) is 5.23. The first-order chi connectivity index (χ1) is 8.63. The predicted molar refractivity (Wildman–Crippen MR) is 66.2 cm³/mol. The molecule has 18 heavy (non-hydrogen) atoms. The Morgan fingerprint density at radius 1 is 1.28 bits per heavy atom. The Hall–Kier alpha value is -2.57. The lowest BCUT2D eigenvalue weighted by Gasteiger charge is -2.05. The molecule has 2 aromatic heterocycles. The van der Waals surface area contributed by atoms with Gasteiger partial charge in [-0.2, -0.15) is 0 Å². The van der Waals surface area contributed by atoms with E-state index in [0.717, 1.165) is 5.69 Å².